The van der Waals surface area contributed by atoms with E-state index in [0.29, 0.717) is 0 Å². The van der Waals surface area contributed by atoms with E-state index in [0.717, 1.165) is 11.6 Å². The normalized spacial score (nSPS) is 11.5. The lowest BCUT2D eigenvalue weighted by atomic mass is 10.2. The lowest BCUT2D eigenvalue weighted by Crippen LogP contribution is -2.37. The zero-order chi connectivity index (χ0) is 21.4. The number of amides is 1. The number of para-hydroxylation sites is 1. The molecular formula is C19H20F2N2O5S. The lowest BCUT2D eigenvalue weighted by Gasteiger charge is -2.21. The molecule has 1 amide bonds. The number of hydrogen-bond acceptors (Lipinski definition) is 6. The maximum Gasteiger partial charge on any atom is 0.341 e. The number of carbonyl (C=O) groups excluding carboxylic acids is 2. The number of alkyl halides is 2. The molecule has 0 aliphatic rings. The minimum absolute atomic E-state index is 0.185. The molecule has 29 heavy (non-hydrogen) atoms. The van der Waals surface area contributed by atoms with Gasteiger partial charge in [0.15, 0.2) is 0 Å². The fourth-order valence-electron chi connectivity index (χ4n) is 2.56. The number of nitrogens with zero attached hydrogens (tertiary/aromatic N) is 1. The maximum atomic E-state index is 12.9. The van der Waals surface area contributed by atoms with Gasteiger partial charge in [0, 0.05) is 6.54 Å². The van der Waals surface area contributed by atoms with E-state index in [1.54, 1.807) is 12.1 Å². The van der Waals surface area contributed by atoms with Gasteiger partial charge < -0.3 is 10.1 Å². The molecule has 2 aromatic carbocycles. The highest BCUT2D eigenvalue weighted by Gasteiger charge is 2.29. The van der Waals surface area contributed by atoms with Crippen molar-refractivity contribution in [3.05, 3.63) is 60.2 Å². The van der Waals surface area contributed by atoms with E-state index in [4.69, 9.17) is 0 Å². The average molecular weight is 426 g/mol. The number of halogens is 2. The summed E-state index contributed by atoms with van der Waals surface area (Å²) in [4.78, 5) is 24.9. The highest BCUT2D eigenvalue weighted by Crippen LogP contribution is 2.26. The van der Waals surface area contributed by atoms with Crippen LogP contribution in [-0.4, -0.2) is 51.2 Å². The number of anilines is 1. The smallest absolute Gasteiger partial charge is 0.341 e. The van der Waals surface area contributed by atoms with Crippen molar-refractivity contribution in [2.75, 3.05) is 25.5 Å². The molecule has 0 atom stereocenters. The molecule has 0 radical (unpaired) electrons. The molecule has 0 aromatic heterocycles. The topological polar surface area (TPSA) is 92.8 Å². The number of carbonyl (C=O) groups is 2. The number of benzene rings is 2. The van der Waals surface area contributed by atoms with E-state index >= 15 is 0 Å². The number of methoxy groups -OCH3 is 1. The first-order valence-electron chi connectivity index (χ1n) is 8.48. The monoisotopic (exact) mass is 426 g/mol. The van der Waals surface area contributed by atoms with Crippen molar-refractivity contribution in [3.63, 3.8) is 0 Å². The van der Waals surface area contributed by atoms with Gasteiger partial charge in [0.05, 0.1) is 30.8 Å². The van der Waals surface area contributed by atoms with E-state index in [1.165, 1.54) is 30.2 Å². The van der Waals surface area contributed by atoms with Crippen molar-refractivity contribution in [1.82, 2.24) is 4.90 Å². The van der Waals surface area contributed by atoms with Gasteiger partial charge in [0.2, 0.25) is 15.7 Å². The number of sulfone groups is 1. The Balaban J connectivity index is 2.17. The number of rotatable bonds is 9. The molecule has 156 valence electrons. The van der Waals surface area contributed by atoms with Crippen molar-refractivity contribution in [2.45, 2.75) is 17.2 Å². The van der Waals surface area contributed by atoms with E-state index < -0.39 is 32.4 Å². The predicted molar refractivity (Wildman–Crippen MR) is 102 cm³/mol. The first kappa shape index (κ1) is 22.4. The Hall–Kier alpha value is -2.85. The minimum Gasteiger partial charge on any atom is -0.468 e. The molecule has 0 bridgehead atoms. The van der Waals surface area contributed by atoms with Crippen LogP contribution in [0, 0.1) is 0 Å². The summed E-state index contributed by atoms with van der Waals surface area (Å²) in [6.45, 7) is -0.219. The summed E-state index contributed by atoms with van der Waals surface area (Å²) < 4.78 is 54.0. The second-order valence-electron chi connectivity index (χ2n) is 6.06. The number of ether oxygens (including phenoxy) is 1. The molecule has 0 saturated heterocycles. The van der Waals surface area contributed by atoms with Crippen LogP contribution in [0.25, 0.3) is 0 Å². The zero-order valence-corrected chi connectivity index (χ0v) is 16.4. The third-order valence-electron chi connectivity index (χ3n) is 3.90. The predicted octanol–water partition coefficient (Wildman–Crippen LogP) is 2.30. The molecule has 0 saturated carbocycles. The van der Waals surface area contributed by atoms with E-state index in [1.807, 2.05) is 18.2 Å². The van der Waals surface area contributed by atoms with Gasteiger partial charge in [-0.1, -0.05) is 42.5 Å². The van der Waals surface area contributed by atoms with Crippen LogP contribution in [0.3, 0.4) is 0 Å². The summed E-state index contributed by atoms with van der Waals surface area (Å²) in [6, 6.07) is 14.0. The number of hydrogen-bond donors (Lipinski definition) is 1. The second kappa shape index (κ2) is 10.1. The molecule has 0 spiro atoms. The number of nitrogens with one attached hydrogen (secondary N) is 1. The first-order chi connectivity index (χ1) is 13.7. The third kappa shape index (κ3) is 6.33. The molecule has 0 aliphatic heterocycles. The Labute approximate surface area is 167 Å². The molecule has 2 rings (SSSR count). The van der Waals surface area contributed by atoms with Gasteiger partial charge in [-0.3, -0.25) is 14.5 Å². The van der Waals surface area contributed by atoms with E-state index in [9.17, 15) is 26.8 Å². The quantitative estimate of drug-likeness (QED) is 0.619. The third-order valence-corrected chi connectivity index (χ3v) is 5.34. The fraction of sp³-hybridized carbons (Fsp3) is 0.263. The van der Waals surface area contributed by atoms with Crippen LogP contribution in [0.1, 0.15) is 5.56 Å². The maximum absolute atomic E-state index is 12.9. The Morgan fingerprint density at radius 1 is 1.03 bits per heavy atom. The Kier molecular flexibility index (Phi) is 7.80. The second-order valence-corrected chi connectivity index (χ2v) is 7.94. The van der Waals surface area contributed by atoms with Crippen LogP contribution in [0.2, 0.25) is 0 Å². The minimum atomic E-state index is -4.89. The molecular weight excluding hydrogens is 406 g/mol. The standard InChI is InChI=1S/C19H20F2N2O5S/c1-28-18(25)13-23(11-14-7-3-2-4-8-14)12-17(24)22-15-9-5-6-10-16(15)29(26,27)19(20)21/h2-10,19H,11-13H2,1H3,(H,22,24). The van der Waals surface area contributed by atoms with Crippen LogP contribution >= 0.6 is 0 Å². The highest BCUT2D eigenvalue weighted by molar-refractivity contribution is 7.91. The first-order valence-corrected chi connectivity index (χ1v) is 10.0. The summed E-state index contributed by atoms with van der Waals surface area (Å²) in [5.41, 5.74) is 0.584. The van der Waals surface area contributed by atoms with E-state index in [-0.39, 0.29) is 25.3 Å². The summed E-state index contributed by atoms with van der Waals surface area (Å²) in [7, 11) is -3.67. The molecule has 0 aliphatic carbocycles. The largest absolute Gasteiger partial charge is 0.468 e. The van der Waals surface area contributed by atoms with E-state index in [2.05, 4.69) is 10.1 Å². The molecule has 0 fully saturated rings. The Morgan fingerprint density at radius 2 is 1.66 bits per heavy atom. The number of esters is 1. The van der Waals surface area contributed by atoms with Crippen molar-refractivity contribution in [2.24, 2.45) is 0 Å². The van der Waals surface area contributed by atoms with Gasteiger partial charge in [0.25, 0.3) is 0 Å². The van der Waals surface area contributed by atoms with Gasteiger partial charge in [-0.2, -0.15) is 8.78 Å². The van der Waals surface area contributed by atoms with Gasteiger partial charge in [-0.15, -0.1) is 0 Å². The lowest BCUT2D eigenvalue weighted by molar-refractivity contribution is -0.142. The van der Waals surface area contributed by atoms with Crippen molar-refractivity contribution < 1.29 is 31.5 Å². The summed E-state index contributed by atoms with van der Waals surface area (Å²) in [5.74, 6) is -4.84. The van der Waals surface area contributed by atoms with Crippen molar-refractivity contribution in [3.8, 4) is 0 Å². The fourth-order valence-corrected chi connectivity index (χ4v) is 3.45. The van der Waals surface area contributed by atoms with Crippen LogP contribution in [0.15, 0.2) is 59.5 Å². The summed E-state index contributed by atoms with van der Waals surface area (Å²) in [6.07, 6.45) is 0. The summed E-state index contributed by atoms with van der Waals surface area (Å²) >= 11 is 0. The molecule has 10 heteroatoms. The van der Waals surface area contributed by atoms with Gasteiger partial charge in [-0.25, -0.2) is 8.42 Å². The van der Waals surface area contributed by atoms with Gasteiger partial charge in [0.1, 0.15) is 0 Å². The van der Waals surface area contributed by atoms with Crippen molar-refractivity contribution >= 4 is 27.4 Å². The highest BCUT2D eigenvalue weighted by atomic mass is 32.2. The SMILES string of the molecule is COC(=O)CN(CC(=O)Nc1ccccc1S(=O)(=O)C(F)F)Cc1ccccc1. The average Bonchev–Trinajstić information content (AvgIpc) is 2.68. The van der Waals surface area contributed by atoms with Crippen molar-refractivity contribution in [1.29, 1.82) is 0 Å². The van der Waals surface area contributed by atoms with Crippen LogP contribution in [0.4, 0.5) is 14.5 Å². The summed E-state index contributed by atoms with van der Waals surface area (Å²) in [5, 5.41) is 2.33. The molecule has 2 aromatic rings. The molecule has 0 unspecified atom stereocenters. The Morgan fingerprint density at radius 3 is 2.28 bits per heavy atom. The molecule has 1 N–H and O–H groups in total. The van der Waals surface area contributed by atoms with Gasteiger partial charge in [-0.05, 0) is 17.7 Å². The van der Waals surface area contributed by atoms with Crippen LogP contribution < -0.4 is 5.32 Å². The zero-order valence-electron chi connectivity index (χ0n) is 15.5. The van der Waals surface area contributed by atoms with Crippen LogP contribution in [-0.2, 0) is 30.7 Å². The molecule has 7 nitrogen and oxygen atoms in total. The van der Waals surface area contributed by atoms with Crippen LogP contribution in [0.5, 0.6) is 0 Å². The molecule has 0 heterocycles. The Bertz CT molecular complexity index is 952. The van der Waals surface area contributed by atoms with Gasteiger partial charge >= 0.3 is 11.7 Å².